The van der Waals surface area contributed by atoms with Gasteiger partial charge in [0.25, 0.3) is 0 Å². The number of carboxylic acids is 1. The van der Waals surface area contributed by atoms with Gasteiger partial charge in [-0.3, -0.25) is 19.7 Å². The van der Waals surface area contributed by atoms with Crippen molar-refractivity contribution in [3.05, 3.63) is 194 Å². The number of aliphatic carboxylic acids is 1. The van der Waals surface area contributed by atoms with Crippen molar-refractivity contribution in [2.75, 3.05) is 90.8 Å². The number of carboxylic acid groups (broad SMARTS) is 1. The number of hydrogen-bond donors (Lipinski definition) is 1. The van der Waals surface area contributed by atoms with Gasteiger partial charge in [-0.05, 0) is 79.7 Å². The van der Waals surface area contributed by atoms with Crippen molar-refractivity contribution in [2.45, 2.75) is 72.0 Å². The summed E-state index contributed by atoms with van der Waals surface area (Å²) in [6, 6.07) is 64.3. The van der Waals surface area contributed by atoms with Crippen LogP contribution >= 0.6 is 94.3 Å². The molecule has 4 aliphatic heterocycles. The second kappa shape index (κ2) is 52.5. The van der Waals surface area contributed by atoms with E-state index in [1.807, 2.05) is 0 Å². The quantitative estimate of drug-likeness (QED) is 0.00717. The lowest BCUT2D eigenvalue weighted by Gasteiger charge is -2.22. The molecule has 0 radical (unpaired) electrons. The second-order valence-corrected chi connectivity index (χ2v) is 30.1. The standard InChI is InChI=1S/2C18H15S.C8H10F2O8S2.C8H12O3S.2C6H9ClO3S.C2H2F2O5S/c2*1-4-10-16(11-5-1)19(17-12-6-2-7-13-17)18-14-8-3-9-15-18;9-8(10,20-18-17-13)7(12)15-3-5(11)16-6-4-19-2-1-14-6;1-6(2)8(9)11-7-5-12-4-3-10-7;2*7-3-5(8)10-6-4-11-2-1-9-6;3-2(4,1(5)6)10-9-8-7/h2*1-15H;6,13H,1-4H2;7H,1,3-5H2,2H3;2*6H,1-4H2;7H,(H,5,6)/q2*+1;;;;;/p-2. The molecule has 22 nitrogen and oxygen atoms in total. The van der Waals surface area contributed by atoms with Crippen molar-refractivity contribution in [3.63, 3.8) is 0 Å². The smallest absolute Gasteiger partial charge is 0.415 e. The molecule has 1 N–H and O–H groups in total. The van der Waals surface area contributed by atoms with Crippen LogP contribution in [0.1, 0.15) is 6.92 Å². The van der Waals surface area contributed by atoms with E-state index in [2.05, 4.69) is 212 Å². The van der Waals surface area contributed by atoms with Gasteiger partial charge in [0.1, 0.15) is 35.8 Å². The first-order valence-electron chi connectivity index (χ1n) is 29.8. The molecule has 6 aromatic rings. The maximum atomic E-state index is 12.9. The Morgan fingerprint density at radius 1 is 0.480 bits per heavy atom. The van der Waals surface area contributed by atoms with Crippen molar-refractivity contribution in [1.29, 1.82) is 0 Å². The number of hydrogen-bond acceptors (Lipinski definition) is 27. The number of benzene rings is 6. The van der Waals surface area contributed by atoms with Gasteiger partial charge in [-0.2, -0.15) is 73.3 Å². The highest BCUT2D eigenvalue weighted by atomic mass is 35.5. The average Bonchev–Trinajstić information content (AvgIpc) is 0.786. The molecular formula is C66H70Cl2F4O22S8. The van der Waals surface area contributed by atoms with Crippen LogP contribution in [0.5, 0.6) is 0 Å². The van der Waals surface area contributed by atoms with Crippen molar-refractivity contribution in [2.24, 2.45) is 0 Å². The van der Waals surface area contributed by atoms with Crippen molar-refractivity contribution < 1.29 is 123 Å². The van der Waals surface area contributed by atoms with E-state index < -0.39 is 77.3 Å². The first-order valence-corrected chi connectivity index (χ1v) is 39.4. The molecule has 4 heterocycles. The zero-order valence-electron chi connectivity index (χ0n) is 54.0. The Morgan fingerprint density at radius 2 is 0.745 bits per heavy atom. The van der Waals surface area contributed by atoms with Crippen LogP contribution in [0.25, 0.3) is 0 Å². The molecule has 4 saturated heterocycles. The van der Waals surface area contributed by atoms with E-state index >= 15 is 0 Å². The van der Waals surface area contributed by atoms with Crippen LogP contribution < -0.4 is 10.5 Å². The summed E-state index contributed by atoms with van der Waals surface area (Å²) in [4.78, 5) is 72.1. The van der Waals surface area contributed by atoms with Crippen LogP contribution in [0.3, 0.4) is 0 Å². The normalized spacial score (nSPS) is 16.9. The minimum Gasteiger partial charge on any atom is -0.691 e. The van der Waals surface area contributed by atoms with Gasteiger partial charge in [0.15, 0.2) is 36.0 Å². The molecule has 4 unspecified atom stereocenters. The number of carbonyl (C=O) groups excluding carboxylic acids is 5. The third-order valence-electron chi connectivity index (χ3n) is 11.7. The summed E-state index contributed by atoms with van der Waals surface area (Å²) in [6.07, 6.45) is -1.96. The highest BCUT2D eigenvalue weighted by molar-refractivity contribution is 8.00. The molecule has 36 heteroatoms. The SMILES string of the molecule is C=C(C)C(=O)OC1CSCCO1.O=C(CCl)OC1CSCCO1.O=C(CCl)OC1CSCCO1.O=C(COC(=O)C(F)(F)SOO[O-])OC1CSCCO1.O=C(O)C(F)(F)SOO[O-].c1ccc([S+](c2ccccc2)c2ccccc2)cc1.c1ccc([S+](c2ccccc2)c2ccccc2)cc1. The summed E-state index contributed by atoms with van der Waals surface area (Å²) >= 11 is 15.4. The topological polar surface area (TPSA) is 289 Å². The zero-order valence-corrected chi connectivity index (χ0v) is 62.0. The molecule has 556 valence electrons. The van der Waals surface area contributed by atoms with E-state index in [4.69, 9.17) is 71.5 Å². The molecule has 0 aliphatic carbocycles. The Balaban J connectivity index is 0.000000257. The van der Waals surface area contributed by atoms with E-state index in [0.717, 1.165) is 28.8 Å². The molecule has 102 heavy (non-hydrogen) atoms. The largest absolute Gasteiger partial charge is 0.691 e. The molecule has 0 saturated carbocycles. The van der Waals surface area contributed by atoms with Gasteiger partial charge in [0, 0.05) is 28.6 Å². The fourth-order valence-corrected chi connectivity index (χ4v) is 15.2. The number of alkyl halides is 6. The van der Waals surface area contributed by atoms with Crippen molar-refractivity contribution >= 4 is 152 Å². The summed E-state index contributed by atoms with van der Waals surface area (Å²) in [5.41, 5.74) is 0.411. The lowest BCUT2D eigenvalue weighted by molar-refractivity contribution is -0.777. The molecule has 0 spiro atoms. The lowest BCUT2D eigenvalue weighted by atomic mass is 10.4. The molecule has 6 aromatic carbocycles. The molecule has 4 atom stereocenters. The minimum absolute atomic E-state index is 0.0146. The first kappa shape index (κ1) is 89.0. The molecule has 0 amide bonds. The lowest BCUT2D eigenvalue weighted by Crippen LogP contribution is -2.33. The molecule has 0 bridgehead atoms. The van der Waals surface area contributed by atoms with Crippen LogP contribution in [0.4, 0.5) is 17.6 Å². The van der Waals surface area contributed by atoms with Crippen molar-refractivity contribution in [3.8, 4) is 0 Å². The summed E-state index contributed by atoms with van der Waals surface area (Å²) in [5.74, 6) is -0.725. The third kappa shape index (κ3) is 37.0. The predicted molar refractivity (Wildman–Crippen MR) is 380 cm³/mol. The van der Waals surface area contributed by atoms with Gasteiger partial charge in [0.2, 0.25) is 25.2 Å². The van der Waals surface area contributed by atoms with Gasteiger partial charge in [-0.1, -0.05) is 116 Å². The first-order chi connectivity index (χ1) is 49.2. The maximum absolute atomic E-state index is 12.9. The Morgan fingerprint density at radius 3 is 0.980 bits per heavy atom. The average molecular weight is 1620 g/mol. The highest BCUT2D eigenvalue weighted by Crippen LogP contribution is 2.34. The van der Waals surface area contributed by atoms with Crippen LogP contribution in [0.2, 0.25) is 0 Å². The van der Waals surface area contributed by atoms with E-state index in [1.54, 1.807) is 42.2 Å². The van der Waals surface area contributed by atoms with E-state index in [1.165, 1.54) is 41.1 Å². The Hall–Kier alpha value is -5.42. The van der Waals surface area contributed by atoms with Crippen LogP contribution in [-0.4, -0.2) is 167 Å². The minimum atomic E-state index is -4.19. The monoisotopic (exact) mass is 1620 g/mol. The summed E-state index contributed by atoms with van der Waals surface area (Å²) < 4.78 is 99.5. The summed E-state index contributed by atoms with van der Waals surface area (Å²) in [7, 11) is -0.0293. The number of ether oxygens (including phenoxy) is 9. The van der Waals surface area contributed by atoms with Crippen LogP contribution in [0, 0.1) is 0 Å². The maximum Gasteiger partial charge on any atom is 0.415 e. The Bertz CT molecular complexity index is 2980. The van der Waals surface area contributed by atoms with Gasteiger partial charge >= 0.3 is 46.3 Å². The van der Waals surface area contributed by atoms with Gasteiger partial charge in [0.05, 0.1) is 71.2 Å². The molecular weight excluding hydrogens is 1550 g/mol. The third-order valence-corrected chi connectivity index (χ3v) is 21.5. The zero-order chi connectivity index (χ0) is 74.2. The fourth-order valence-electron chi connectivity index (χ4n) is 7.44. The van der Waals surface area contributed by atoms with Crippen molar-refractivity contribution in [1.82, 2.24) is 0 Å². The van der Waals surface area contributed by atoms with E-state index in [9.17, 15) is 51.6 Å². The van der Waals surface area contributed by atoms with E-state index in [0.29, 0.717) is 49.3 Å². The second-order valence-electron chi connectivity index (χ2n) is 19.3. The highest BCUT2D eigenvalue weighted by Gasteiger charge is 2.44. The van der Waals surface area contributed by atoms with Gasteiger partial charge in [-0.15, -0.1) is 23.2 Å². The Kier molecular flexibility index (Phi) is 45.8. The predicted octanol–water partition coefficient (Wildman–Crippen LogP) is 11.6. The van der Waals surface area contributed by atoms with Gasteiger partial charge < -0.3 is 58.3 Å². The molecule has 10 rings (SSSR count). The fraction of sp³-hybridized carbons (Fsp3) is 0.333. The van der Waals surface area contributed by atoms with Crippen LogP contribution in [-0.2, 0) is 112 Å². The number of thioether (sulfide) groups is 4. The summed E-state index contributed by atoms with van der Waals surface area (Å²) in [6.45, 7) is 6.42. The van der Waals surface area contributed by atoms with Gasteiger partial charge in [-0.25, -0.2) is 19.2 Å². The van der Waals surface area contributed by atoms with E-state index in [-0.39, 0.29) is 58.4 Å². The summed E-state index contributed by atoms with van der Waals surface area (Å²) in [5, 5.41) is 22.8. The Labute approximate surface area is 627 Å². The number of carbonyl (C=O) groups is 6. The molecule has 0 aromatic heterocycles. The number of rotatable bonds is 23. The number of esters is 5. The molecule has 4 fully saturated rings. The molecule has 4 aliphatic rings. The number of halogens is 6. The van der Waals surface area contributed by atoms with Crippen LogP contribution in [0.15, 0.2) is 224 Å².